The monoisotopic (exact) mass is 354 g/mol. The Bertz CT molecular complexity index is 651. The molecule has 2 aromatic carbocycles. The SMILES string of the molecule is O=C(NCCC1CCCNC1)c1ccc(SCc2ccccc2)cc1. The zero-order chi connectivity index (χ0) is 17.3. The highest BCUT2D eigenvalue weighted by atomic mass is 32.2. The van der Waals surface area contributed by atoms with Crippen LogP contribution in [0, 0.1) is 5.92 Å². The van der Waals surface area contributed by atoms with Crippen LogP contribution in [-0.4, -0.2) is 25.5 Å². The van der Waals surface area contributed by atoms with Crippen LogP contribution in [0.15, 0.2) is 59.5 Å². The summed E-state index contributed by atoms with van der Waals surface area (Å²) in [6.45, 7) is 2.98. The first-order valence-electron chi connectivity index (χ1n) is 9.07. The smallest absolute Gasteiger partial charge is 0.251 e. The van der Waals surface area contributed by atoms with E-state index in [0.29, 0.717) is 5.92 Å². The average molecular weight is 355 g/mol. The molecule has 4 heteroatoms. The fraction of sp³-hybridized carbons (Fsp3) is 0.381. The van der Waals surface area contributed by atoms with Crippen LogP contribution in [-0.2, 0) is 5.75 Å². The fourth-order valence-electron chi connectivity index (χ4n) is 3.11. The summed E-state index contributed by atoms with van der Waals surface area (Å²) in [4.78, 5) is 13.4. The minimum Gasteiger partial charge on any atom is -0.352 e. The van der Waals surface area contributed by atoms with Crippen molar-refractivity contribution in [2.75, 3.05) is 19.6 Å². The predicted octanol–water partition coefficient (Wildman–Crippen LogP) is 4.10. The van der Waals surface area contributed by atoms with Crippen molar-refractivity contribution in [3.05, 3.63) is 65.7 Å². The molecule has 0 spiro atoms. The molecule has 1 aliphatic rings. The number of carbonyl (C=O) groups is 1. The molecule has 1 unspecified atom stereocenters. The molecular formula is C21H26N2OS. The number of piperidine rings is 1. The summed E-state index contributed by atoms with van der Waals surface area (Å²) >= 11 is 1.79. The molecule has 0 bridgehead atoms. The highest BCUT2D eigenvalue weighted by Crippen LogP contribution is 2.23. The predicted molar refractivity (Wildman–Crippen MR) is 105 cm³/mol. The number of carbonyl (C=O) groups excluding carboxylic acids is 1. The van der Waals surface area contributed by atoms with Crippen LogP contribution in [0.4, 0.5) is 0 Å². The normalized spacial score (nSPS) is 17.2. The second-order valence-electron chi connectivity index (χ2n) is 6.56. The summed E-state index contributed by atoms with van der Waals surface area (Å²) in [6, 6.07) is 18.3. The summed E-state index contributed by atoms with van der Waals surface area (Å²) in [5.41, 5.74) is 2.05. The van der Waals surface area contributed by atoms with Gasteiger partial charge in [-0.15, -0.1) is 11.8 Å². The van der Waals surface area contributed by atoms with Gasteiger partial charge in [-0.3, -0.25) is 4.79 Å². The Hall–Kier alpha value is -1.78. The minimum atomic E-state index is 0.0309. The Labute approximate surface area is 154 Å². The van der Waals surface area contributed by atoms with Crippen LogP contribution in [0.25, 0.3) is 0 Å². The lowest BCUT2D eigenvalue weighted by molar-refractivity contribution is 0.0950. The molecule has 132 valence electrons. The maximum Gasteiger partial charge on any atom is 0.251 e. The quantitative estimate of drug-likeness (QED) is 0.736. The topological polar surface area (TPSA) is 41.1 Å². The van der Waals surface area contributed by atoms with Gasteiger partial charge in [0, 0.05) is 22.8 Å². The van der Waals surface area contributed by atoms with Crippen LogP contribution >= 0.6 is 11.8 Å². The molecule has 0 saturated carbocycles. The van der Waals surface area contributed by atoms with Crippen molar-refractivity contribution in [2.24, 2.45) is 5.92 Å². The standard InChI is InChI=1S/C21H26N2OS/c24-21(23-14-12-17-7-4-13-22-15-17)19-8-10-20(11-9-19)25-16-18-5-2-1-3-6-18/h1-3,5-6,8-11,17,22H,4,7,12-16H2,(H,23,24). The van der Waals surface area contributed by atoms with E-state index in [-0.39, 0.29) is 5.91 Å². The van der Waals surface area contributed by atoms with E-state index in [1.54, 1.807) is 11.8 Å². The molecule has 1 fully saturated rings. The third-order valence-electron chi connectivity index (χ3n) is 4.60. The number of rotatable bonds is 7. The maximum atomic E-state index is 12.2. The van der Waals surface area contributed by atoms with Gasteiger partial charge in [0.05, 0.1) is 0 Å². The molecule has 3 rings (SSSR count). The van der Waals surface area contributed by atoms with Crippen molar-refractivity contribution in [2.45, 2.75) is 29.9 Å². The molecule has 1 aliphatic heterocycles. The van der Waals surface area contributed by atoms with Gasteiger partial charge < -0.3 is 10.6 Å². The second kappa shape index (κ2) is 9.64. The van der Waals surface area contributed by atoms with Crippen molar-refractivity contribution >= 4 is 17.7 Å². The lowest BCUT2D eigenvalue weighted by Gasteiger charge is -2.22. The molecule has 3 nitrogen and oxygen atoms in total. The van der Waals surface area contributed by atoms with Crippen molar-refractivity contribution in [3.63, 3.8) is 0 Å². The molecule has 1 atom stereocenters. The van der Waals surface area contributed by atoms with Gasteiger partial charge in [-0.05, 0) is 68.1 Å². The van der Waals surface area contributed by atoms with Gasteiger partial charge in [-0.25, -0.2) is 0 Å². The Kier molecular flexibility index (Phi) is 6.95. The highest BCUT2D eigenvalue weighted by molar-refractivity contribution is 7.98. The van der Waals surface area contributed by atoms with Gasteiger partial charge in [0.1, 0.15) is 0 Å². The second-order valence-corrected chi connectivity index (χ2v) is 7.60. The Morgan fingerprint density at radius 3 is 2.64 bits per heavy atom. The van der Waals surface area contributed by atoms with E-state index in [9.17, 15) is 4.79 Å². The molecule has 0 radical (unpaired) electrons. The Morgan fingerprint density at radius 2 is 1.92 bits per heavy atom. The van der Waals surface area contributed by atoms with Gasteiger partial charge in [0.25, 0.3) is 5.91 Å². The summed E-state index contributed by atoms with van der Waals surface area (Å²) in [5, 5.41) is 6.47. The van der Waals surface area contributed by atoms with E-state index in [0.717, 1.165) is 37.4 Å². The molecule has 1 saturated heterocycles. The van der Waals surface area contributed by atoms with Crippen LogP contribution in [0.1, 0.15) is 35.2 Å². The van der Waals surface area contributed by atoms with Gasteiger partial charge in [0.2, 0.25) is 0 Å². The molecule has 1 amide bonds. The number of thioether (sulfide) groups is 1. The van der Waals surface area contributed by atoms with E-state index in [4.69, 9.17) is 0 Å². The van der Waals surface area contributed by atoms with E-state index < -0.39 is 0 Å². The van der Waals surface area contributed by atoms with Gasteiger partial charge >= 0.3 is 0 Å². The molecule has 1 heterocycles. The van der Waals surface area contributed by atoms with Crippen molar-refractivity contribution in [1.29, 1.82) is 0 Å². The lowest BCUT2D eigenvalue weighted by Crippen LogP contribution is -2.33. The van der Waals surface area contributed by atoms with E-state index in [1.807, 2.05) is 30.3 Å². The summed E-state index contributed by atoms with van der Waals surface area (Å²) < 4.78 is 0. The first-order chi connectivity index (χ1) is 12.3. The molecule has 0 aliphatic carbocycles. The van der Waals surface area contributed by atoms with Gasteiger partial charge in [0.15, 0.2) is 0 Å². The summed E-state index contributed by atoms with van der Waals surface area (Å²) in [5.74, 6) is 1.68. The molecule has 0 aromatic heterocycles. The number of nitrogens with one attached hydrogen (secondary N) is 2. The highest BCUT2D eigenvalue weighted by Gasteiger charge is 2.13. The summed E-state index contributed by atoms with van der Waals surface area (Å²) in [6.07, 6.45) is 3.58. The van der Waals surface area contributed by atoms with Crippen LogP contribution in [0.2, 0.25) is 0 Å². The van der Waals surface area contributed by atoms with Crippen molar-refractivity contribution in [3.8, 4) is 0 Å². The van der Waals surface area contributed by atoms with E-state index in [2.05, 4.69) is 34.9 Å². The molecular weight excluding hydrogens is 328 g/mol. The van der Waals surface area contributed by atoms with Crippen molar-refractivity contribution in [1.82, 2.24) is 10.6 Å². The third kappa shape index (κ3) is 5.91. The maximum absolute atomic E-state index is 12.2. The average Bonchev–Trinajstić information content (AvgIpc) is 2.68. The fourth-order valence-corrected chi connectivity index (χ4v) is 3.96. The van der Waals surface area contributed by atoms with Crippen LogP contribution in [0.3, 0.4) is 0 Å². The van der Waals surface area contributed by atoms with Crippen LogP contribution in [0.5, 0.6) is 0 Å². The number of hydrogen-bond acceptors (Lipinski definition) is 3. The third-order valence-corrected chi connectivity index (χ3v) is 5.69. The van der Waals surface area contributed by atoms with Gasteiger partial charge in [-0.2, -0.15) is 0 Å². The zero-order valence-electron chi connectivity index (χ0n) is 14.5. The number of hydrogen-bond donors (Lipinski definition) is 2. The number of amides is 1. The molecule has 2 aromatic rings. The molecule has 2 N–H and O–H groups in total. The lowest BCUT2D eigenvalue weighted by atomic mass is 9.96. The summed E-state index contributed by atoms with van der Waals surface area (Å²) in [7, 11) is 0. The largest absolute Gasteiger partial charge is 0.352 e. The first-order valence-corrected chi connectivity index (χ1v) is 10.1. The van der Waals surface area contributed by atoms with E-state index in [1.165, 1.54) is 23.3 Å². The van der Waals surface area contributed by atoms with E-state index >= 15 is 0 Å². The Balaban J connectivity index is 1.42. The Morgan fingerprint density at radius 1 is 1.12 bits per heavy atom. The van der Waals surface area contributed by atoms with Crippen LogP contribution < -0.4 is 10.6 Å². The van der Waals surface area contributed by atoms with Gasteiger partial charge in [-0.1, -0.05) is 30.3 Å². The zero-order valence-corrected chi connectivity index (χ0v) is 15.4. The molecule has 25 heavy (non-hydrogen) atoms. The number of benzene rings is 2. The van der Waals surface area contributed by atoms with Crippen molar-refractivity contribution < 1.29 is 4.79 Å². The first kappa shape index (κ1) is 18.0. The minimum absolute atomic E-state index is 0.0309.